The molecule has 1 atom stereocenters. The quantitative estimate of drug-likeness (QED) is 0.890. The molecule has 1 heterocycles. The van der Waals surface area contributed by atoms with Crippen molar-refractivity contribution in [2.75, 3.05) is 32.8 Å². The van der Waals surface area contributed by atoms with Crippen LogP contribution >= 0.6 is 11.6 Å². The van der Waals surface area contributed by atoms with Crippen molar-refractivity contribution in [3.05, 3.63) is 29.3 Å². The predicted octanol–water partition coefficient (Wildman–Crippen LogP) is 2.01. The van der Waals surface area contributed by atoms with E-state index in [9.17, 15) is 0 Å². The number of piperazine rings is 1. The van der Waals surface area contributed by atoms with E-state index in [-0.39, 0.29) is 0 Å². The van der Waals surface area contributed by atoms with Gasteiger partial charge in [-0.15, -0.1) is 0 Å². The number of ether oxygens (including phenoxy) is 1. The molecule has 0 bridgehead atoms. The molecule has 1 aromatic carbocycles. The van der Waals surface area contributed by atoms with Crippen molar-refractivity contribution in [3.8, 4) is 5.75 Å². The molecule has 0 aromatic heterocycles. The number of hydrogen-bond donors (Lipinski definition) is 1. The van der Waals surface area contributed by atoms with Crippen LogP contribution < -0.4 is 10.1 Å². The van der Waals surface area contributed by atoms with Crippen molar-refractivity contribution in [3.63, 3.8) is 0 Å². The van der Waals surface area contributed by atoms with Gasteiger partial charge in [0.2, 0.25) is 0 Å². The van der Waals surface area contributed by atoms with Gasteiger partial charge < -0.3 is 10.1 Å². The van der Waals surface area contributed by atoms with Gasteiger partial charge >= 0.3 is 0 Å². The number of benzene rings is 1. The molecule has 17 heavy (non-hydrogen) atoms. The Balaban J connectivity index is 1.70. The molecule has 0 aliphatic carbocycles. The molecule has 94 valence electrons. The number of nitrogens with one attached hydrogen (secondary N) is 1. The first-order valence-corrected chi connectivity index (χ1v) is 6.46. The van der Waals surface area contributed by atoms with Crippen LogP contribution in [0.2, 0.25) is 5.02 Å². The van der Waals surface area contributed by atoms with Gasteiger partial charge in [0.25, 0.3) is 0 Å². The second-order valence-corrected chi connectivity index (χ2v) is 4.89. The first-order chi connectivity index (χ1) is 8.24. The fourth-order valence-corrected chi connectivity index (χ4v) is 2.16. The number of hydrogen-bond acceptors (Lipinski definition) is 3. The Labute approximate surface area is 108 Å². The highest BCUT2D eigenvalue weighted by atomic mass is 35.5. The summed E-state index contributed by atoms with van der Waals surface area (Å²) < 4.78 is 5.68. The molecule has 1 aliphatic heterocycles. The normalized spacial score (nSPS) is 21.4. The van der Waals surface area contributed by atoms with Crippen LogP contribution in [0.5, 0.6) is 5.75 Å². The summed E-state index contributed by atoms with van der Waals surface area (Å²) >= 11 is 5.81. The first-order valence-electron chi connectivity index (χ1n) is 6.08. The van der Waals surface area contributed by atoms with Crippen molar-refractivity contribution < 1.29 is 4.74 Å². The Morgan fingerprint density at radius 3 is 2.88 bits per heavy atom. The number of nitrogens with zero attached hydrogens (tertiary/aromatic N) is 1. The highest BCUT2D eigenvalue weighted by Gasteiger charge is 2.14. The zero-order chi connectivity index (χ0) is 12.1. The van der Waals surface area contributed by atoms with Crippen LogP contribution in [-0.2, 0) is 0 Å². The molecule has 1 N–H and O–H groups in total. The summed E-state index contributed by atoms with van der Waals surface area (Å²) in [6, 6.07) is 8.10. The fraction of sp³-hybridized carbons (Fsp3) is 0.538. The molecule has 1 aliphatic rings. The van der Waals surface area contributed by atoms with Gasteiger partial charge in [0.15, 0.2) is 0 Å². The maximum absolute atomic E-state index is 5.81. The summed E-state index contributed by atoms with van der Waals surface area (Å²) in [5.74, 6) is 0.887. The fourth-order valence-electron chi connectivity index (χ4n) is 2.04. The van der Waals surface area contributed by atoms with Gasteiger partial charge in [-0.05, 0) is 31.2 Å². The van der Waals surface area contributed by atoms with Gasteiger partial charge in [0.1, 0.15) is 12.4 Å². The molecule has 1 aromatic rings. The molecule has 0 spiro atoms. The van der Waals surface area contributed by atoms with Crippen LogP contribution in [-0.4, -0.2) is 43.7 Å². The van der Waals surface area contributed by atoms with E-state index in [0.29, 0.717) is 6.04 Å². The van der Waals surface area contributed by atoms with Crippen LogP contribution in [0.4, 0.5) is 0 Å². The maximum atomic E-state index is 5.81. The molecule has 4 heteroatoms. The standard InChI is InChI=1S/C13H19ClN2O/c1-11-10-16(7-6-15-11)8-9-17-13-4-2-12(14)3-5-13/h2-5,11,15H,6-10H2,1H3/t11-/m0/s1. The molecule has 1 fully saturated rings. The summed E-state index contributed by atoms with van der Waals surface area (Å²) in [5.41, 5.74) is 0. The zero-order valence-electron chi connectivity index (χ0n) is 10.2. The first kappa shape index (κ1) is 12.7. The van der Waals surface area contributed by atoms with Crippen molar-refractivity contribution in [1.82, 2.24) is 10.2 Å². The molecule has 2 rings (SSSR count). The third-order valence-corrected chi connectivity index (χ3v) is 3.19. The Morgan fingerprint density at radius 1 is 1.41 bits per heavy atom. The molecular formula is C13H19ClN2O. The van der Waals surface area contributed by atoms with E-state index >= 15 is 0 Å². The Morgan fingerprint density at radius 2 is 2.18 bits per heavy atom. The summed E-state index contributed by atoms with van der Waals surface area (Å²) in [5, 5.41) is 4.17. The largest absolute Gasteiger partial charge is 0.492 e. The van der Waals surface area contributed by atoms with E-state index in [4.69, 9.17) is 16.3 Å². The van der Waals surface area contributed by atoms with Gasteiger partial charge in [-0.3, -0.25) is 4.90 Å². The number of rotatable bonds is 4. The van der Waals surface area contributed by atoms with E-state index in [2.05, 4.69) is 17.1 Å². The molecule has 3 nitrogen and oxygen atoms in total. The van der Waals surface area contributed by atoms with E-state index < -0.39 is 0 Å². The van der Waals surface area contributed by atoms with Gasteiger partial charge in [-0.2, -0.15) is 0 Å². The van der Waals surface area contributed by atoms with E-state index in [0.717, 1.165) is 43.6 Å². The summed E-state index contributed by atoms with van der Waals surface area (Å²) in [6.45, 7) is 7.20. The zero-order valence-corrected chi connectivity index (χ0v) is 10.9. The van der Waals surface area contributed by atoms with Gasteiger partial charge in [-0.1, -0.05) is 11.6 Å². The average molecular weight is 255 g/mol. The lowest BCUT2D eigenvalue weighted by atomic mass is 10.2. The summed E-state index contributed by atoms with van der Waals surface area (Å²) in [6.07, 6.45) is 0. The molecule has 1 saturated heterocycles. The van der Waals surface area contributed by atoms with Crippen molar-refractivity contribution in [2.45, 2.75) is 13.0 Å². The summed E-state index contributed by atoms with van der Waals surface area (Å²) in [4.78, 5) is 2.43. The van der Waals surface area contributed by atoms with Gasteiger partial charge in [0.05, 0.1) is 0 Å². The van der Waals surface area contributed by atoms with E-state index in [1.165, 1.54) is 0 Å². The molecule has 0 amide bonds. The van der Waals surface area contributed by atoms with E-state index in [1.54, 1.807) is 0 Å². The van der Waals surface area contributed by atoms with Crippen molar-refractivity contribution in [2.24, 2.45) is 0 Å². The smallest absolute Gasteiger partial charge is 0.119 e. The lowest BCUT2D eigenvalue weighted by Gasteiger charge is -2.31. The maximum Gasteiger partial charge on any atom is 0.119 e. The minimum absolute atomic E-state index is 0.583. The highest BCUT2D eigenvalue weighted by molar-refractivity contribution is 6.30. The van der Waals surface area contributed by atoms with Crippen LogP contribution in [0.15, 0.2) is 24.3 Å². The molecule has 0 saturated carbocycles. The Kier molecular flexibility index (Phi) is 4.66. The van der Waals surface area contributed by atoms with E-state index in [1.807, 2.05) is 24.3 Å². The second-order valence-electron chi connectivity index (χ2n) is 4.46. The lowest BCUT2D eigenvalue weighted by Crippen LogP contribution is -2.50. The monoisotopic (exact) mass is 254 g/mol. The van der Waals surface area contributed by atoms with Crippen LogP contribution in [0.3, 0.4) is 0 Å². The minimum atomic E-state index is 0.583. The van der Waals surface area contributed by atoms with Crippen LogP contribution in [0.1, 0.15) is 6.92 Å². The lowest BCUT2D eigenvalue weighted by molar-refractivity contribution is 0.170. The third kappa shape index (κ3) is 4.19. The topological polar surface area (TPSA) is 24.5 Å². The van der Waals surface area contributed by atoms with Crippen molar-refractivity contribution in [1.29, 1.82) is 0 Å². The predicted molar refractivity (Wildman–Crippen MR) is 70.9 cm³/mol. The number of halogens is 1. The van der Waals surface area contributed by atoms with Crippen LogP contribution in [0.25, 0.3) is 0 Å². The highest BCUT2D eigenvalue weighted by Crippen LogP contribution is 2.15. The Hall–Kier alpha value is -0.770. The Bertz CT molecular complexity index is 342. The minimum Gasteiger partial charge on any atom is -0.492 e. The second kappa shape index (κ2) is 6.24. The SMILES string of the molecule is C[C@H]1CN(CCOc2ccc(Cl)cc2)CCN1. The molecular weight excluding hydrogens is 236 g/mol. The average Bonchev–Trinajstić information content (AvgIpc) is 2.32. The van der Waals surface area contributed by atoms with Crippen molar-refractivity contribution >= 4 is 11.6 Å². The summed E-state index contributed by atoms with van der Waals surface area (Å²) in [7, 11) is 0. The third-order valence-electron chi connectivity index (χ3n) is 2.94. The molecule has 0 unspecified atom stereocenters. The van der Waals surface area contributed by atoms with Gasteiger partial charge in [0, 0.05) is 37.2 Å². The van der Waals surface area contributed by atoms with Crippen LogP contribution in [0, 0.1) is 0 Å². The molecule has 0 radical (unpaired) electrons. The van der Waals surface area contributed by atoms with Gasteiger partial charge in [-0.25, -0.2) is 0 Å².